The van der Waals surface area contributed by atoms with Crippen molar-refractivity contribution < 1.29 is 0 Å². The maximum atomic E-state index is 8.36. The minimum Gasteiger partial charge on any atom is -0.192 e. The van der Waals surface area contributed by atoms with E-state index >= 15 is 0 Å². The standard InChI is InChI=1S/C7H4BN.C2H6/c8-7-3-1-2-6(4-7)5-9;1-2/h1-4H;1-2H3. The highest BCUT2D eigenvalue weighted by atomic mass is 14.2. The normalized spacial score (nSPS) is 7.36. The molecule has 1 aromatic carbocycles. The number of nitriles is 1. The van der Waals surface area contributed by atoms with Crippen LogP contribution < -0.4 is 5.46 Å². The molecule has 2 radical (unpaired) electrons. The molecule has 0 aliphatic heterocycles. The number of rotatable bonds is 0. The summed E-state index contributed by atoms with van der Waals surface area (Å²) < 4.78 is 0. The van der Waals surface area contributed by atoms with E-state index in [1.54, 1.807) is 24.3 Å². The Morgan fingerprint density at radius 3 is 2.36 bits per heavy atom. The van der Waals surface area contributed by atoms with E-state index in [-0.39, 0.29) is 0 Å². The van der Waals surface area contributed by atoms with Crippen LogP contribution in [-0.2, 0) is 0 Å². The van der Waals surface area contributed by atoms with Gasteiger partial charge in [-0.1, -0.05) is 37.5 Å². The van der Waals surface area contributed by atoms with E-state index in [1.165, 1.54) is 0 Å². The van der Waals surface area contributed by atoms with Crippen LogP contribution in [0.25, 0.3) is 0 Å². The summed E-state index contributed by atoms with van der Waals surface area (Å²) in [4.78, 5) is 0. The van der Waals surface area contributed by atoms with Gasteiger partial charge in [0.2, 0.25) is 0 Å². The van der Waals surface area contributed by atoms with Crippen molar-refractivity contribution in [1.82, 2.24) is 0 Å². The molecule has 0 aliphatic rings. The van der Waals surface area contributed by atoms with Crippen molar-refractivity contribution in [3.8, 4) is 6.07 Å². The van der Waals surface area contributed by atoms with E-state index in [0.717, 1.165) is 0 Å². The van der Waals surface area contributed by atoms with E-state index in [0.29, 0.717) is 11.0 Å². The predicted octanol–water partition coefficient (Wildman–Crippen LogP) is 1.38. The molecule has 1 aromatic rings. The zero-order valence-electron chi connectivity index (χ0n) is 6.83. The van der Waals surface area contributed by atoms with Gasteiger partial charge in [-0.25, -0.2) is 0 Å². The second-order valence-corrected chi connectivity index (χ2v) is 1.74. The SMILES string of the molecule is CC.[B]c1cccc(C#N)c1. The summed E-state index contributed by atoms with van der Waals surface area (Å²) >= 11 is 0. The molecule has 0 unspecified atom stereocenters. The van der Waals surface area contributed by atoms with Gasteiger partial charge in [0.15, 0.2) is 0 Å². The van der Waals surface area contributed by atoms with Gasteiger partial charge in [0.25, 0.3) is 0 Å². The minimum absolute atomic E-state index is 0.606. The molecule has 11 heavy (non-hydrogen) atoms. The number of nitrogens with zero attached hydrogens (tertiary/aromatic N) is 1. The van der Waals surface area contributed by atoms with E-state index in [2.05, 4.69) is 0 Å². The Labute approximate surface area is 69.1 Å². The zero-order chi connectivity index (χ0) is 8.69. The molecule has 0 bridgehead atoms. The number of benzene rings is 1. The van der Waals surface area contributed by atoms with Crippen molar-refractivity contribution in [2.75, 3.05) is 0 Å². The molecule has 0 amide bonds. The van der Waals surface area contributed by atoms with Gasteiger partial charge < -0.3 is 0 Å². The van der Waals surface area contributed by atoms with Gasteiger partial charge in [0, 0.05) is 0 Å². The lowest BCUT2D eigenvalue weighted by atomic mass is 9.95. The van der Waals surface area contributed by atoms with Crippen LogP contribution in [0, 0.1) is 11.3 Å². The molecule has 1 nitrogen and oxygen atoms in total. The maximum Gasteiger partial charge on any atom is 0.113 e. The average Bonchev–Trinajstić information content (AvgIpc) is 2.08. The van der Waals surface area contributed by atoms with Crippen LogP contribution >= 0.6 is 0 Å². The first-order valence-corrected chi connectivity index (χ1v) is 3.58. The number of hydrogen-bond donors (Lipinski definition) is 0. The fraction of sp³-hybridized carbons (Fsp3) is 0.222. The van der Waals surface area contributed by atoms with Gasteiger partial charge in [-0.15, -0.1) is 0 Å². The Morgan fingerprint density at radius 1 is 1.36 bits per heavy atom. The average molecular weight is 143 g/mol. The Bertz CT molecular complexity index is 250. The van der Waals surface area contributed by atoms with E-state index in [4.69, 9.17) is 13.1 Å². The van der Waals surface area contributed by atoms with Gasteiger partial charge in [-0.05, 0) is 6.07 Å². The fourth-order valence-electron chi connectivity index (χ4n) is 0.608. The third-order valence-electron chi connectivity index (χ3n) is 1.02. The Kier molecular flexibility index (Phi) is 4.93. The molecule has 1 rings (SSSR count). The van der Waals surface area contributed by atoms with Crippen LogP contribution in [0.15, 0.2) is 24.3 Å². The van der Waals surface area contributed by atoms with Crippen molar-refractivity contribution in [2.24, 2.45) is 0 Å². The fourth-order valence-corrected chi connectivity index (χ4v) is 0.608. The largest absolute Gasteiger partial charge is 0.192 e. The topological polar surface area (TPSA) is 23.8 Å². The van der Waals surface area contributed by atoms with Crippen molar-refractivity contribution in [1.29, 1.82) is 5.26 Å². The molecule has 0 fully saturated rings. The van der Waals surface area contributed by atoms with Gasteiger partial charge in [0.05, 0.1) is 11.6 Å². The van der Waals surface area contributed by atoms with E-state index in [1.807, 2.05) is 19.9 Å². The van der Waals surface area contributed by atoms with Crippen LogP contribution in [0.1, 0.15) is 19.4 Å². The Hall–Kier alpha value is -1.23. The monoisotopic (exact) mass is 143 g/mol. The summed E-state index contributed by atoms with van der Waals surface area (Å²) in [6, 6.07) is 8.85. The molecule has 0 saturated heterocycles. The molecular weight excluding hydrogens is 133 g/mol. The predicted molar refractivity (Wildman–Crippen MR) is 47.9 cm³/mol. The van der Waals surface area contributed by atoms with Crippen molar-refractivity contribution in [3.63, 3.8) is 0 Å². The van der Waals surface area contributed by atoms with Crippen molar-refractivity contribution in [2.45, 2.75) is 13.8 Å². The smallest absolute Gasteiger partial charge is 0.113 e. The quantitative estimate of drug-likeness (QED) is 0.503. The lowest BCUT2D eigenvalue weighted by Gasteiger charge is -1.89. The molecule has 0 aromatic heterocycles. The highest BCUT2D eigenvalue weighted by Gasteiger charge is 1.85. The molecule has 0 N–H and O–H groups in total. The molecular formula is C9H10BN. The van der Waals surface area contributed by atoms with Gasteiger partial charge in [-0.3, -0.25) is 0 Å². The third-order valence-corrected chi connectivity index (χ3v) is 1.02. The first-order valence-electron chi connectivity index (χ1n) is 3.58. The number of hydrogen-bond acceptors (Lipinski definition) is 1. The minimum atomic E-state index is 0.606. The summed E-state index contributed by atoms with van der Waals surface area (Å²) in [6.07, 6.45) is 0. The molecule has 0 spiro atoms. The zero-order valence-corrected chi connectivity index (χ0v) is 6.83. The van der Waals surface area contributed by atoms with E-state index < -0.39 is 0 Å². The van der Waals surface area contributed by atoms with Crippen LogP contribution in [-0.4, -0.2) is 7.85 Å². The molecule has 0 aliphatic carbocycles. The second-order valence-electron chi connectivity index (χ2n) is 1.74. The molecule has 0 heterocycles. The van der Waals surface area contributed by atoms with Crippen LogP contribution in [0.2, 0.25) is 0 Å². The molecule has 2 heteroatoms. The van der Waals surface area contributed by atoms with Crippen LogP contribution in [0.5, 0.6) is 0 Å². The Morgan fingerprint density at radius 2 is 2.00 bits per heavy atom. The lowest BCUT2D eigenvalue weighted by Crippen LogP contribution is -2.00. The maximum absolute atomic E-state index is 8.36. The van der Waals surface area contributed by atoms with Gasteiger partial charge in [0.1, 0.15) is 7.85 Å². The molecule has 54 valence electrons. The summed E-state index contributed by atoms with van der Waals surface area (Å²) in [5.41, 5.74) is 1.24. The summed E-state index contributed by atoms with van der Waals surface area (Å²) in [7, 11) is 5.38. The molecule has 0 atom stereocenters. The summed E-state index contributed by atoms with van der Waals surface area (Å²) in [5.74, 6) is 0. The van der Waals surface area contributed by atoms with Crippen molar-refractivity contribution >= 4 is 13.3 Å². The highest BCUT2D eigenvalue weighted by molar-refractivity contribution is 6.32. The van der Waals surface area contributed by atoms with Gasteiger partial charge >= 0.3 is 0 Å². The Balaban J connectivity index is 0.000000461. The third kappa shape index (κ3) is 3.47. The summed E-state index contributed by atoms with van der Waals surface area (Å²) in [6.45, 7) is 4.00. The molecule has 0 saturated carbocycles. The first-order chi connectivity index (χ1) is 5.33. The highest BCUT2D eigenvalue weighted by Crippen LogP contribution is 1.90. The first kappa shape index (κ1) is 9.77. The summed E-state index contributed by atoms with van der Waals surface area (Å²) in [5, 5.41) is 8.36. The van der Waals surface area contributed by atoms with Gasteiger partial charge in [-0.2, -0.15) is 5.26 Å². The van der Waals surface area contributed by atoms with Crippen LogP contribution in [0.4, 0.5) is 0 Å². The second kappa shape index (κ2) is 5.55. The lowest BCUT2D eigenvalue weighted by molar-refractivity contribution is 1.49. The van der Waals surface area contributed by atoms with Crippen LogP contribution in [0.3, 0.4) is 0 Å². The van der Waals surface area contributed by atoms with E-state index in [9.17, 15) is 0 Å². The van der Waals surface area contributed by atoms with Crippen molar-refractivity contribution in [3.05, 3.63) is 29.8 Å².